The molecule has 0 bridgehead atoms. The zero-order valence-electron chi connectivity index (χ0n) is 15.6. The molecule has 0 saturated heterocycles. The van der Waals surface area contributed by atoms with Gasteiger partial charge in [-0.25, -0.2) is 0 Å². The molecule has 1 fully saturated rings. The summed E-state index contributed by atoms with van der Waals surface area (Å²) >= 11 is 0. The van der Waals surface area contributed by atoms with E-state index in [0.29, 0.717) is 5.92 Å². The molecule has 0 heterocycles. The Labute approximate surface area is 177 Å². The normalized spacial score (nSPS) is 18.1. The number of carbonyl (C=O) groups is 1. The summed E-state index contributed by atoms with van der Waals surface area (Å²) in [5, 5.41) is 13.4. The third-order valence-electron chi connectivity index (χ3n) is 5.67. The lowest BCUT2D eigenvalue weighted by atomic mass is 10.2. The summed E-state index contributed by atoms with van der Waals surface area (Å²) in [6, 6.07) is 32.4. The van der Waals surface area contributed by atoms with Crippen LogP contribution >= 0.6 is 7.26 Å². The molecule has 1 N–H and O–H groups in total. The van der Waals surface area contributed by atoms with Crippen molar-refractivity contribution < 1.29 is 26.9 Å². The number of carboxylic acid groups (broad SMARTS) is 1. The molecule has 0 aliphatic heterocycles. The van der Waals surface area contributed by atoms with E-state index >= 15 is 0 Å². The molecule has 1 aliphatic carbocycles. The minimum absolute atomic E-state index is 0. The highest BCUT2D eigenvalue weighted by atomic mass is 79.9. The van der Waals surface area contributed by atoms with Gasteiger partial charge in [0.25, 0.3) is 0 Å². The second-order valence-corrected chi connectivity index (χ2v) is 10.9. The van der Waals surface area contributed by atoms with E-state index in [1.54, 1.807) is 0 Å². The highest BCUT2D eigenvalue weighted by molar-refractivity contribution is 7.95. The van der Waals surface area contributed by atoms with Gasteiger partial charge in [0.15, 0.2) is 0 Å². The Morgan fingerprint density at radius 2 is 1.18 bits per heavy atom. The van der Waals surface area contributed by atoms with E-state index in [1.807, 2.05) is 0 Å². The number of aliphatic carboxylic acids is 1. The number of hydrogen-bond acceptors (Lipinski definition) is 1. The van der Waals surface area contributed by atoms with Crippen molar-refractivity contribution in [1.29, 1.82) is 0 Å². The highest BCUT2D eigenvalue weighted by Crippen LogP contribution is 2.58. The van der Waals surface area contributed by atoms with Crippen LogP contribution in [0.25, 0.3) is 0 Å². The van der Waals surface area contributed by atoms with E-state index in [4.69, 9.17) is 0 Å². The predicted molar refractivity (Wildman–Crippen MR) is 114 cm³/mol. The lowest BCUT2D eigenvalue weighted by molar-refractivity contribution is -0.138. The minimum Gasteiger partial charge on any atom is -1.00 e. The van der Waals surface area contributed by atoms with E-state index in [1.165, 1.54) is 15.9 Å². The maximum Gasteiger partial charge on any atom is 0.306 e. The number of hydrogen-bond donors (Lipinski definition) is 1. The summed E-state index contributed by atoms with van der Waals surface area (Å²) in [6.45, 7) is 0. The molecule has 4 heteroatoms. The van der Waals surface area contributed by atoms with Crippen molar-refractivity contribution in [3.8, 4) is 0 Å². The van der Waals surface area contributed by atoms with Gasteiger partial charge in [0.2, 0.25) is 0 Å². The third kappa shape index (κ3) is 4.06. The monoisotopic (exact) mass is 454 g/mol. The Kier molecular flexibility index (Phi) is 6.69. The van der Waals surface area contributed by atoms with Gasteiger partial charge in [0.1, 0.15) is 23.2 Å². The molecule has 28 heavy (non-hydrogen) atoms. The molecule has 3 aromatic rings. The van der Waals surface area contributed by atoms with Gasteiger partial charge < -0.3 is 22.1 Å². The average molecular weight is 455 g/mol. The SMILES string of the molecule is O=C(O)[C@@H]1C[C@H]1CC[P+](c1ccccc1)(c1ccccc1)c1ccccc1.[Br-]. The van der Waals surface area contributed by atoms with Crippen LogP contribution in [-0.4, -0.2) is 17.2 Å². The van der Waals surface area contributed by atoms with Crippen LogP contribution in [-0.2, 0) is 4.79 Å². The molecule has 3 aromatic carbocycles. The smallest absolute Gasteiger partial charge is 0.306 e. The Bertz CT molecular complexity index is 803. The van der Waals surface area contributed by atoms with Crippen molar-refractivity contribution >= 4 is 29.1 Å². The van der Waals surface area contributed by atoms with Crippen molar-refractivity contribution in [2.45, 2.75) is 12.8 Å². The summed E-state index contributed by atoms with van der Waals surface area (Å²) in [5.41, 5.74) is 0. The van der Waals surface area contributed by atoms with Crippen molar-refractivity contribution in [3.63, 3.8) is 0 Å². The number of carboxylic acids is 1. The molecule has 0 radical (unpaired) electrons. The van der Waals surface area contributed by atoms with Crippen LogP contribution in [0.15, 0.2) is 91.0 Å². The van der Waals surface area contributed by atoms with Crippen LogP contribution < -0.4 is 32.9 Å². The first-order valence-corrected chi connectivity index (χ1v) is 11.5. The Hall–Kier alpha value is -1.96. The van der Waals surface area contributed by atoms with E-state index < -0.39 is 13.2 Å². The molecular formula is C24H24BrO2P. The van der Waals surface area contributed by atoms with E-state index in [9.17, 15) is 9.90 Å². The van der Waals surface area contributed by atoms with Gasteiger partial charge in [-0.1, -0.05) is 54.6 Å². The molecule has 0 spiro atoms. The third-order valence-corrected chi connectivity index (χ3v) is 10.1. The maximum absolute atomic E-state index is 11.3. The summed E-state index contributed by atoms with van der Waals surface area (Å²) in [5.74, 6) is -0.463. The van der Waals surface area contributed by atoms with Crippen LogP contribution in [0, 0.1) is 11.8 Å². The Morgan fingerprint density at radius 3 is 1.50 bits per heavy atom. The van der Waals surface area contributed by atoms with E-state index in [2.05, 4.69) is 91.0 Å². The fourth-order valence-corrected chi connectivity index (χ4v) is 8.54. The van der Waals surface area contributed by atoms with Crippen molar-refractivity contribution in [2.75, 3.05) is 6.16 Å². The zero-order valence-corrected chi connectivity index (χ0v) is 18.1. The van der Waals surface area contributed by atoms with E-state index in [0.717, 1.165) is 19.0 Å². The van der Waals surface area contributed by atoms with Crippen LogP contribution in [0.4, 0.5) is 0 Å². The van der Waals surface area contributed by atoms with Crippen molar-refractivity contribution in [3.05, 3.63) is 91.0 Å². The maximum atomic E-state index is 11.3. The Balaban J connectivity index is 0.00000225. The molecule has 144 valence electrons. The van der Waals surface area contributed by atoms with Crippen LogP contribution in [0.1, 0.15) is 12.8 Å². The molecule has 0 amide bonds. The summed E-state index contributed by atoms with van der Waals surface area (Å²) in [6.07, 6.45) is 2.80. The van der Waals surface area contributed by atoms with Crippen molar-refractivity contribution in [1.82, 2.24) is 0 Å². The van der Waals surface area contributed by atoms with E-state index in [-0.39, 0.29) is 22.9 Å². The summed E-state index contributed by atoms with van der Waals surface area (Å²) < 4.78 is 0. The van der Waals surface area contributed by atoms with Crippen LogP contribution in [0.3, 0.4) is 0 Å². The molecule has 1 aliphatic rings. The molecule has 0 unspecified atom stereocenters. The van der Waals surface area contributed by atoms with Gasteiger partial charge in [-0.3, -0.25) is 4.79 Å². The van der Waals surface area contributed by atoms with Gasteiger partial charge in [-0.05, 0) is 55.2 Å². The van der Waals surface area contributed by atoms with Crippen LogP contribution in [0.2, 0.25) is 0 Å². The lowest BCUT2D eigenvalue weighted by Crippen LogP contribution is -3.00. The van der Waals surface area contributed by atoms with Crippen molar-refractivity contribution in [2.24, 2.45) is 11.8 Å². The molecule has 4 rings (SSSR count). The largest absolute Gasteiger partial charge is 1.00 e. The molecule has 1 saturated carbocycles. The van der Waals surface area contributed by atoms with Gasteiger partial charge in [0, 0.05) is 0 Å². The minimum atomic E-state index is -1.82. The lowest BCUT2D eigenvalue weighted by Gasteiger charge is -2.27. The van der Waals surface area contributed by atoms with Gasteiger partial charge >= 0.3 is 5.97 Å². The number of rotatable bonds is 7. The molecule has 2 nitrogen and oxygen atoms in total. The first-order chi connectivity index (χ1) is 13.2. The summed E-state index contributed by atoms with van der Waals surface area (Å²) in [4.78, 5) is 11.3. The molecule has 0 aromatic heterocycles. The molecule has 2 atom stereocenters. The average Bonchev–Trinajstić information content (AvgIpc) is 3.51. The number of benzene rings is 3. The predicted octanol–water partition coefficient (Wildman–Crippen LogP) is 1.10. The second kappa shape index (κ2) is 9.03. The zero-order chi connectivity index (χ0) is 18.7. The highest BCUT2D eigenvalue weighted by Gasteiger charge is 2.49. The fraction of sp³-hybridized carbons (Fsp3) is 0.208. The standard InChI is InChI=1S/C24H23O2P.BrH/c25-24(26)23-18-19(23)16-17-27(20-10-4-1-5-11-20,21-12-6-2-7-13-21)22-14-8-3-9-15-22;/h1-15,19,23H,16-18H2;1H/t19-,23-;/m1./s1. The topological polar surface area (TPSA) is 37.3 Å². The first kappa shape index (κ1) is 20.8. The van der Waals surface area contributed by atoms with Gasteiger partial charge in [-0.2, -0.15) is 0 Å². The van der Waals surface area contributed by atoms with Gasteiger partial charge in [-0.15, -0.1) is 0 Å². The molecular weight excluding hydrogens is 431 g/mol. The Morgan fingerprint density at radius 1 is 0.786 bits per heavy atom. The first-order valence-electron chi connectivity index (χ1n) is 9.49. The van der Waals surface area contributed by atoms with Gasteiger partial charge in [0.05, 0.1) is 12.1 Å². The quantitative estimate of drug-likeness (QED) is 0.542. The summed E-state index contributed by atoms with van der Waals surface area (Å²) in [7, 11) is -1.82. The second-order valence-electron chi connectivity index (χ2n) is 7.27. The fourth-order valence-electron chi connectivity index (χ4n) is 4.11. The number of halogens is 1. The van der Waals surface area contributed by atoms with Crippen LogP contribution in [0.5, 0.6) is 0 Å².